The first kappa shape index (κ1) is 20.3. The zero-order valence-electron chi connectivity index (χ0n) is 17.0. The standard InChI is InChI=1S/C22H29N3O3/c1-17-15-20(18(2)25(17)13-14-28-3)21(26)16-23-9-11-24(12-10-23)22(27)19-7-5-4-6-8-19/h4-8,15H,9-14,16H2,1-3H3/p+1. The Morgan fingerprint density at radius 2 is 1.79 bits per heavy atom. The van der Waals surface area contributed by atoms with Gasteiger partial charge in [0.1, 0.15) is 6.54 Å². The number of rotatable bonds is 7. The third-order valence-corrected chi connectivity index (χ3v) is 5.58. The summed E-state index contributed by atoms with van der Waals surface area (Å²) in [5.41, 5.74) is 3.64. The van der Waals surface area contributed by atoms with E-state index in [0.717, 1.165) is 42.1 Å². The van der Waals surface area contributed by atoms with Crippen molar-refractivity contribution in [1.82, 2.24) is 9.47 Å². The van der Waals surface area contributed by atoms with Gasteiger partial charge in [-0.05, 0) is 32.0 Å². The van der Waals surface area contributed by atoms with Crippen LogP contribution in [0, 0.1) is 13.8 Å². The van der Waals surface area contributed by atoms with E-state index < -0.39 is 0 Å². The molecule has 28 heavy (non-hydrogen) atoms. The molecular formula is C22H30N3O3+. The van der Waals surface area contributed by atoms with Gasteiger partial charge in [0.05, 0.1) is 32.8 Å². The van der Waals surface area contributed by atoms with Crippen LogP contribution in [0.2, 0.25) is 0 Å². The van der Waals surface area contributed by atoms with E-state index in [0.29, 0.717) is 26.2 Å². The van der Waals surface area contributed by atoms with Crippen molar-refractivity contribution in [1.29, 1.82) is 0 Å². The molecule has 1 aliphatic heterocycles. The van der Waals surface area contributed by atoms with Crippen molar-refractivity contribution in [3.63, 3.8) is 0 Å². The van der Waals surface area contributed by atoms with Gasteiger partial charge < -0.3 is 19.1 Å². The van der Waals surface area contributed by atoms with Gasteiger partial charge in [-0.3, -0.25) is 9.59 Å². The molecule has 1 fully saturated rings. The molecule has 1 saturated heterocycles. The molecule has 0 radical (unpaired) electrons. The monoisotopic (exact) mass is 384 g/mol. The molecule has 1 N–H and O–H groups in total. The number of benzene rings is 1. The predicted octanol–water partition coefficient (Wildman–Crippen LogP) is 0.975. The lowest BCUT2D eigenvalue weighted by molar-refractivity contribution is -0.895. The van der Waals surface area contributed by atoms with Crippen molar-refractivity contribution in [2.45, 2.75) is 20.4 Å². The van der Waals surface area contributed by atoms with Crippen molar-refractivity contribution < 1.29 is 19.2 Å². The Labute approximate surface area is 166 Å². The van der Waals surface area contributed by atoms with E-state index in [9.17, 15) is 9.59 Å². The van der Waals surface area contributed by atoms with Crippen LogP contribution >= 0.6 is 0 Å². The van der Waals surface area contributed by atoms with Gasteiger partial charge in [0.2, 0.25) is 5.78 Å². The number of hydrogen-bond donors (Lipinski definition) is 1. The molecule has 2 aromatic rings. The third-order valence-electron chi connectivity index (χ3n) is 5.58. The molecule has 1 aromatic carbocycles. The van der Waals surface area contributed by atoms with Gasteiger partial charge >= 0.3 is 0 Å². The summed E-state index contributed by atoms with van der Waals surface area (Å²) in [5, 5.41) is 0. The number of aromatic nitrogens is 1. The third kappa shape index (κ3) is 4.51. The maximum absolute atomic E-state index is 12.9. The summed E-state index contributed by atoms with van der Waals surface area (Å²) in [6, 6.07) is 11.4. The molecule has 3 rings (SSSR count). The number of amides is 1. The molecule has 0 aliphatic carbocycles. The fourth-order valence-corrected chi connectivity index (χ4v) is 3.90. The highest BCUT2D eigenvalue weighted by Gasteiger charge is 2.27. The van der Waals surface area contributed by atoms with Gasteiger partial charge in [-0.1, -0.05) is 18.2 Å². The summed E-state index contributed by atoms with van der Waals surface area (Å²) >= 11 is 0. The highest BCUT2D eigenvalue weighted by molar-refractivity contribution is 5.98. The van der Waals surface area contributed by atoms with Crippen LogP contribution in [-0.2, 0) is 11.3 Å². The molecule has 150 valence electrons. The van der Waals surface area contributed by atoms with Crippen molar-refractivity contribution in [2.75, 3.05) is 46.4 Å². The highest BCUT2D eigenvalue weighted by atomic mass is 16.5. The van der Waals surface area contributed by atoms with Crippen LogP contribution in [0.25, 0.3) is 0 Å². The molecular weight excluding hydrogens is 354 g/mol. The maximum Gasteiger partial charge on any atom is 0.254 e. The summed E-state index contributed by atoms with van der Waals surface area (Å²) in [5.74, 6) is 0.252. The number of quaternary nitrogens is 1. The Kier molecular flexibility index (Phi) is 6.65. The molecule has 0 spiro atoms. The van der Waals surface area contributed by atoms with Gasteiger partial charge in [0.25, 0.3) is 5.91 Å². The number of aryl methyl sites for hydroxylation is 1. The first-order chi connectivity index (χ1) is 13.5. The Morgan fingerprint density at radius 3 is 2.43 bits per heavy atom. The van der Waals surface area contributed by atoms with Gasteiger partial charge in [-0.25, -0.2) is 0 Å². The van der Waals surface area contributed by atoms with Crippen LogP contribution in [0.4, 0.5) is 0 Å². The van der Waals surface area contributed by atoms with E-state index in [4.69, 9.17) is 4.74 Å². The number of carbonyl (C=O) groups excluding carboxylic acids is 2. The normalized spacial score (nSPS) is 15.0. The van der Waals surface area contributed by atoms with Crippen LogP contribution in [0.15, 0.2) is 36.4 Å². The van der Waals surface area contributed by atoms with Gasteiger partial charge in [0, 0.05) is 36.2 Å². The molecule has 0 saturated carbocycles. The lowest BCUT2D eigenvalue weighted by Gasteiger charge is -2.32. The SMILES string of the molecule is COCCn1c(C)cc(C(=O)C[NH+]2CCN(C(=O)c3ccccc3)CC2)c1C. The van der Waals surface area contributed by atoms with E-state index in [1.54, 1.807) is 7.11 Å². The second-order valence-corrected chi connectivity index (χ2v) is 7.44. The van der Waals surface area contributed by atoms with Gasteiger partial charge in [-0.15, -0.1) is 0 Å². The molecule has 0 atom stereocenters. The number of ketones is 1. The number of Topliss-reactive ketones (excluding diaryl/α,β-unsaturated/α-hetero) is 1. The first-order valence-corrected chi connectivity index (χ1v) is 9.88. The van der Waals surface area contributed by atoms with E-state index in [1.807, 2.05) is 55.1 Å². The second-order valence-electron chi connectivity index (χ2n) is 7.44. The zero-order valence-corrected chi connectivity index (χ0v) is 17.0. The van der Waals surface area contributed by atoms with Crippen molar-refractivity contribution >= 4 is 11.7 Å². The van der Waals surface area contributed by atoms with Crippen LogP contribution in [0.1, 0.15) is 32.1 Å². The minimum absolute atomic E-state index is 0.0765. The average molecular weight is 385 g/mol. The Morgan fingerprint density at radius 1 is 1.11 bits per heavy atom. The number of ether oxygens (including phenoxy) is 1. The number of hydrogen-bond acceptors (Lipinski definition) is 3. The van der Waals surface area contributed by atoms with Crippen LogP contribution in [-0.4, -0.2) is 67.6 Å². The molecule has 1 amide bonds. The lowest BCUT2D eigenvalue weighted by Crippen LogP contribution is -3.15. The topological polar surface area (TPSA) is 56.0 Å². The summed E-state index contributed by atoms with van der Waals surface area (Å²) in [6.45, 7) is 8.86. The molecule has 6 heteroatoms. The quantitative estimate of drug-likeness (QED) is 0.724. The smallest absolute Gasteiger partial charge is 0.254 e. The number of piperazine rings is 1. The fraction of sp³-hybridized carbons (Fsp3) is 0.455. The number of nitrogens with zero attached hydrogens (tertiary/aromatic N) is 2. The van der Waals surface area contributed by atoms with Gasteiger partial charge in [-0.2, -0.15) is 0 Å². The van der Waals surface area contributed by atoms with Crippen molar-refractivity contribution in [3.05, 3.63) is 58.9 Å². The highest BCUT2D eigenvalue weighted by Crippen LogP contribution is 2.15. The van der Waals surface area contributed by atoms with Crippen LogP contribution < -0.4 is 4.90 Å². The summed E-state index contributed by atoms with van der Waals surface area (Å²) in [4.78, 5) is 28.6. The average Bonchev–Trinajstić information content (AvgIpc) is 3.01. The summed E-state index contributed by atoms with van der Waals surface area (Å²) in [6.07, 6.45) is 0. The van der Waals surface area contributed by atoms with Crippen LogP contribution in [0.3, 0.4) is 0 Å². The molecule has 2 heterocycles. The minimum atomic E-state index is 0.0765. The summed E-state index contributed by atoms with van der Waals surface area (Å²) in [7, 11) is 1.69. The Bertz CT molecular complexity index is 821. The largest absolute Gasteiger partial charge is 0.383 e. The Hall–Kier alpha value is -2.44. The second kappa shape index (κ2) is 9.17. The number of nitrogens with one attached hydrogen (secondary N) is 1. The summed E-state index contributed by atoms with van der Waals surface area (Å²) < 4.78 is 7.31. The first-order valence-electron chi connectivity index (χ1n) is 9.88. The van der Waals surface area contributed by atoms with Crippen molar-refractivity contribution in [2.24, 2.45) is 0 Å². The minimum Gasteiger partial charge on any atom is -0.383 e. The van der Waals surface area contributed by atoms with E-state index >= 15 is 0 Å². The van der Waals surface area contributed by atoms with E-state index in [1.165, 1.54) is 4.90 Å². The Balaban J connectivity index is 1.56. The predicted molar refractivity (Wildman–Crippen MR) is 108 cm³/mol. The zero-order chi connectivity index (χ0) is 20.1. The number of methoxy groups -OCH3 is 1. The van der Waals surface area contributed by atoms with Gasteiger partial charge in [0.15, 0.2) is 0 Å². The molecule has 6 nitrogen and oxygen atoms in total. The maximum atomic E-state index is 12.9. The van der Waals surface area contributed by atoms with E-state index in [2.05, 4.69) is 4.57 Å². The fourth-order valence-electron chi connectivity index (χ4n) is 3.90. The van der Waals surface area contributed by atoms with Crippen molar-refractivity contribution in [3.8, 4) is 0 Å². The number of carbonyl (C=O) groups is 2. The van der Waals surface area contributed by atoms with Crippen LogP contribution in [0.5, 0.6) is 0 Å². The lowest BCUT2D eigenvalue weighted by atomic mass is 10.1. The molecule has 0 unspecified atom stereocenters. The van der Waals surface area contributed by atoms with E-state index in [-0.39, 0.29) is 11.7 Å². The molecule has 0 bridgehead atoms. The molecule has 1 aliphatic rings. The molecule has 1 aromatic heterocycles.